The van der Waals surface area contributed by atoms with Crippen LogP contribution in [-0.4, -0.2) is 42.5 Å². The Morgan fingerprint density at radius 2 is 2.03 bits per heavy atom. The number of methoxy groups -OCH3 is 2. The molecule has 1 N–H and O–H groups in total. The maximum absolute atomic E-state index is 12.3. The predicted molar refractivity (Wildman–Crippen MR) is 132 cm³/mol. The molecule has 0 saturated heterocycles. The number of amides is 1. The number of hydrogen-bond acceptors (Lipinski definition) is 7. The number of nitrogens with zero attached hydrogens (tertiary/aromatic N) is 4. The molecule has 0 aliphatic heterocycles. The number of hydrogen-bond donors (Lipinski definition) is 1. The fraction of sp³-hybridized carbons (Fsp3) is 0.280. The largest absolute Gasteiger partial charge is 0.495 e. The molecular weight excluding hydrogens is 470 g/mol. The lowest BCUT2D eigenvalue weighted by Crippen LogP contribution is -2.25. The van der Waals surface area contributed by atoms with Crippen LogP contribution in [0.25, 0.3) is 5.69 Å². The van der Waals surface area contributed by atoms with Crippen LogP contribution in [0.15, 0.2) is 35.4 Å². The fourth-order valence-electron chi connectivity index (χ4n) is 3.65. The zero-order valence-electron chi connectivity index (χ0n) is 20.2. The molecule has 2 heterocycles. The van der Waals surface area contributed by atoms with Crippen LogP contribution in [0.2, 0.25) is 5.02 Å². The lowest BCUT2D eigenvalue weighted by molar-refractivity contribution is -0.123. The van der Waals surface area contributed by atoms with Gasteiger partial charge < -0.3 is 18.8 Å². The highest BCUT2D eigenvalue weighted by atomic mass is 35.5. The van der Waals surface area contributed by atoms with E-state index in [2.05, 4.69) is 21.6 Å². The number of pyridine rings is 1. The SMILES string of the molecule is COCc1cc(C)nc(OCC(=O)N/N=C\c2cc(C)n(-c3ccc(OC)c(Cl)c3)c2C)c1C#N. The molecule has 3 aromatic rings. The Hall–Kier alpha value is -3.87. The van der Waals surface area contributed by atoms with Gasteiger partial charge in [0.25, 0.3) is 5.91 Å². The normalized spacial score (nSPS) is 10.9. The second-order valence-corrected chi connectivity index (χ2v) is 8.12. The van der Waals surface area contributed by atoms with Gasteiger partial charge in [-0.25, -0.2) is 10.4 Å². The molecule has 9 nitrogen and oxygen atoms in total. The Morgan fingerprint density at radius 3 is 2.69 bits per heavy atom. The summed E-state index contributed by atoms with van der Waals surface area (Å²) < 4.78 is 17.9. The number of aryl methyl sites for hydroxylation is 2. The van der Waals surface area contributed by atoms with Gasteiger partial charge in [0.05, 0.1) is 25.0 Å². The number of rotatable bonds is 9. The average Bonchev–Trinajstić information content (AvgIpc) is 3.10. The molecule has 0 radical (unpaired) electrons. The minimum absolute atomic E-state index is 0.0837. The van der Waals surface area contributed by atoms with Crippen molar-refractivity contribution >= 4 is 23.7 Å². The van der Waals surface area contributed by atoms with Crippen molar-refractivity contribution in [3.63, 3.8) is 0 Å². The minimum Gasteiger partial charge on any atom is -0.495 e. The van der Waals surface area contributed by atoms with Crippen molar-refractivity contribution in [1.82, 2.24) is 15.0 Å². The van der Waals surface area contributed by atoms with Crippen molar-refractivity contribution in [1.29, 1.82) is 5.26 Å². The van der Waals surface area contributed by atoms with Crippen molar-refractivity contribution in [2.45, 2.75) is 27.4 Å². The smallest absolute Gasteiger partial charge is 0.278 e. The van der Waals surface area contributed by atoms with Crippen molar-refractivity contribution < 1.29 is 19.0 Å². The lowest BCUT2D eigenvalue weighted by Gasteiger charge is -2.11. The van der Waals surface area contributed by atoms with Crippen LogP contribution in [0, 0.1) is 32.1 Å². The summed E-state index contributed by atoms with van der Waals surface area (Å²) in [4.78, 5) is 16.5. The van der Waals surface area contributed by atoms with Crippen LogP contribution in [0.5, 0.6) is 11.6 Å². The molecule has 35 heavy (non-hydrogen) atoms. The number of ether oxygens (including phenoxy) is 3. The monoisotopic (exact) mass is 495 g/mol. The number of benzene rings is 1. The molecule has 0 atom stereocenters. The van der Waals surface area contributed by atoms with E-state index in [1.165, 1.54) is 7.11 Å². The molecule has 0 unspecified atom stereocenters. The fourth-order valence-corrected chi connectivity index (χ4v) is 3.91. The van der Waals surface area contributed by atoms with Crippen LogP contribution >= 0.6 is 11.6 Å². The standard InChI is InChI=1S/C25H26ClN5O4/c1-15-8-19(13-33-4)21(11-27)25(29-15)35-14-24(32)30-28-12-18-9-16(2)31(17(18)3)20-6-7-23(34-5)22(26)10-20/h6-10,12H,13-14H2,1-5H3,(H,30,32)/b28-12-. The Labute approximate surface area is 208 Å². The number of nitriles is 1. The van der Waals surface area contributed by atoms with Gasteiger partial charge in [-0.2, -0.15) is 10.4 Å². The van der Waals surface area contributed by atoms with Crippen LogP contribution in [-0.2, 0) is 16.1 Å². The molecule has 1 aromatic carbocycles. The minimum atomic E-state index is -0.488. The van der Waals surface area contributed by atoms with Crippen molar-refractivity contribution in [2.24, 2.45) is 5.10 Å². The Bertz CT molecular complexity index is 1310. The van der Waals surface area contributed by atoms with Gasteiger partial charge in [-0.1, -0.05) is 11.6 Å². The first-order valence-corrected chi connectivity index (χ1v) is 11.0. The summed E-state index contributed by atoms with van der Waals surface area (Å²) in [7, 11) is 3.10. The first-order chi connectivity index (χ1) is 16.8. The van der Waals surface area contributed by atoms with Crippen molar-refractivity contribution in [2.75, 3.05) is 20.8 Å². The van der Waals surface area contributed by atoms with E-state index in [-0.39, 0.29) is 24.7 Å². The summed E-state index contributed by atoms with van der Waals surface area (Å²) in [5.74, 6) is 0.195. The van der Waals surface area contributed by atoms with E-state index >= 15 is 0 Å². The summed E-state index contributed by atoms with van der Waals surface area (Å²) in [6, 6.07) is 11.3. The van der Waals surface area contributed by atoms with E-state index in [1.54, 1.807) is 26.3 Å². The van der Waals surface area contributed by atoms with Gasteiger partial charge in [-0.05, 0) is 51.1 Å². The highest BCUT2D eigenvalue weighted by Gasteiger charge is 2.15. The third-order valence-electron chi connectivity index (χ3n) is 5.20. The quantitative estimate of drug-likeness (QED) is 0.354. The van der Waals surface area contributed by atoms with Crippen LogP contribution < -0.4 is 14.9 Å². The second kappa shape index (κ2) is 11.5. The van der Waals surface area contributed by atoms with Crippen LogP contribution in [0.3, 0.4) is 0 Å². The number of carbonyl (C=O) groups is 1. The van der Waals surface area contributed by atoms with Gasteiger partial charge in [-0.15, -0.1) is 0 Å². The molecule has 0 saturated carbocycles. The molecule has 0 aliphatic carbocycles. The van der Waals surface area contributed by atoms with Gasteiger partial charge in [0.2, 0.25) is 5.88 Å². The number of carbonyl (C=O) groups excluding carboxylic acids is 1. The van der Waals surface area contributed by atoms with E-state index in [4.69, 9.17) is 25.8 Å². The third-order valence-corrected chi connectivity index (χ3v) is 5.50. The average molecular weight is 496 g/mol. The van der Waals surface area contributed by atoms with Crippen molar-refractivity contribution in [3.8, 4) is 23.4 Å². The van der Waals surface area contributed by atoms with E-state index in [0.717, 1.165) is 22.6 Å². The van der Waals surface area contributed by atoms with E-state index in [0.29, 0.717) is 22.0 Å². The highest BCUT2D eigenvalue weighted by molar-refractivity contribution is 6.32. The topological polar surface area (TPSA) is 111 Å². The third kappa shape index (κ3) is 5.98. The molecule has 2 aromatic heterocycles. The first kappa shape index (κ1) is 25.7. The van der Waals surface area contributed by atoms with Crippen LogP contribution in [0.1, 0.15) is 33.8 Å². The summed E-state index contributed by atoms with van der Waals surface area (Å²) in [5.41, 5.74) is 7.57. The van der Waals surface area contributed by atoms with E-state index < -0.39 is 5.91 Å². The molecule has 3 rings (SSSR count). The maximum atomic E-state index is 12.3. The molecule has 0 spiro atoms. The van der Waals surface area contributed by atoms with Gasteiger partial charge in [0, 0.05) is 41.0 Å². The summed E-state index contributed by atoms with van der Waals surface area (Å²) in [6.45, 7) is 5.57. The van der Waals surface area contributed by atoms with E-state index in [1.807, 2.05) is 42.7 Å². The van der Waals surface area contributed by atoms with Crippen LogP contribution in [0.4, 0.5) is 0 Å². The molecule has 0 bridgehead atoms. The number of halogens is 1. The van der Waals surface area contributed by atoms with E-state index in [9.17, 15) is 10.1 Å². The summed E-state index contributed by atoms with van der Waals surface area (Å²) in [6.07, 6.45) is 1.56. The molecule has 10 heteroatoms. The Kier molecular flexibility index (Phi) is 8.47. The Balaban J connectivity index is 1.68. The Morgan fingerprint density at radius 1 is 1.26 bits per heavy atom. The highest BCUT2D eigenvalue weighted by Crippen LogP contribution is 2.29. The van der Waals surface area contributed by atoms with Gasteiger partial charge in [-0.3, -0.25) is 4.79 Å². The molecular formula is C25H26ClN5O4. The van der Waals surface area contributed by atoms with Gasteiger partial charge in [0.1, 0.15) is 17.4 Å². The number of nitrogens with one attached hydrogen (secondary N) is 1. The first-order valence-electron chi connectivity index (χ1n) is 10.7. The lowest BCUT2D eigenvalue weighted by atomic mass is 10.1. The summed E-state index contributed by atoms with van der Waals surface area (Å²) >= 11 is 6.28. The predicted octanol–water partition coefficient (Wildman–Crippen LogP) is 4.01. The molecule has 0 fully saturated rings. The van der Waals surface area contributed by atoms with Gasteiger partial charge >= 0.3 is 0 Å². The molecule has 0 aliphatic rings. The van der Waals surface area contributed by atoms with Crippen molar-refractivity contribution in [3.05, 3.63) is 69.1 Å². The number of hydrazone groups is 1. The zero-order chi connectivity index (χ0) is 25.5. The maximum Gasteiger partial charge on any atom is 0.278 e. The molecule has 182 valence electrons. The number of aromatic nitrogens is 2. The summed E-state index contributed by atoms with van der Waals surface area (Å²) in [5, 5.41) is 14.0. The van der Waals surface area contributed by atoms with Gasteiger partial charge in [0.15, 0.2) is 6.61 Å². The second-order valence-electron chi connectivity index (χ2n) is 7.71. The zero-order valence-corrected chi connectivity index (χ0v) is 20.9. The molecule has 1 amide bonds.